The number of carbonyl (C=O) groups excluding carboxylic acids is 1. The standard InChI is InChI=1S/C26H37N5O2/c1-28-15-18-30(19-16-28)24-21-23(9-10-25(24)33-2)27-26(32)31-13-6-12-29(17-20-31)14-11-22-7-4-3-5-8-22/h3-5,7-10,21H,6,11-20H2,1-2H3,(H,27,32). The summed E-state index contributed by atoms with van der Waals surface area (Å²) in [5.74, 6) is 0.849. The van der Waals surface area contributed by atoms with Gasteiger partial charge in [-0.1, -0.05) is 30.3 Å². The quantitative estimate of drug-likeness (QED) is 0.731. The molecule has 0 aliphatic carbocycles. The Balaban J connectivity index is 1.32. The Morgan fingerprint density at radius 3 is 2.48 bits per heavy atom. The van der Waals surface area contributed by atoms with Crippen molar-refractivity contribution in [2.45, 2.75) is 12.8 Å². The highest BCUT2D eigenvalue weighted by Gasteiger charge is 2.21. The van der Waals surface area contributed by atoms with Crippen LogP contribution in [0.1, 0.15) is 12.0 Å². The first-order chi connectivity index (χ1) is 16.1. The van der Waals surface area contributed by atoms with Crippen molar-refractivity contribution in [1.29, 1.82) is 0 Å². The number of benzene rings is 2. The molecule has 178 valence electrons. The summed E-state index contributed by atoms with van der Waals surface area (Å²) in [6, 6.07) is 16.5. The third-order valence-electron chi connectivity index (χ3n) is 6.71. The van der Waals surface area contributed by atoms with Crippen LogP contribution in [0.2, 0.25) is 0 Å². The van der Waals surface area contributed by atoms with Crippen LogP contribution in [0.15, 0.2) is 48.5 Å². The van der Waals surface area contributed by atoms with Crippen LogP contribution < -0.4 is 15.0 Å². The molecule has 2 amide bonds. The Morgan fingerprint density at radius 2 is 1.73 bits per heavy atom. The van der Waals surface area contributed by atoms with Crippen LogP contribution in [-0.2, 0) is 6.42 Å². The van der Waals surface area contributed by atoms with Crippen LogP contribution in [0.4, 0.5) is 16.2 Å². The first-order valence-electron chi connectivity index (χ1n) is 12.1. The number of urea groups is 1. The van der Waals surface area contributed by atoms with E-state index in [0.29, 0.717) is 0 Å². The van der Waals surface area contributed by atoms with E-state index in [1.165, 1.54) is 5.56 Å². The van der Waals surface area contributed by atoms with Gasteiger partial charge in [0.2, 0.25) is 0 Å². The molecule has 2 aliphatic rings. The number of carbonyl (C=O) groups is 1. The lowest BCUT2D eigenvalue weighted by atomic mass is 10.1. The van der Waals surface area contributed by atoms with E-state index >= 15 is 0 Å². The molecule has 2 saturated heterocycles. The fourth-order valence-corrected chi connectivity index (χ4v) is 4.59. The minimum absolute atomic E-state index is 0.0191. The van der Waals surface area contributed by atoms with Gasteiger partial charge in [-0.15, -0.1) is 0 Å². The van der Waals surface area contributed by atoms with Gasteiger partial charge in [-0.3, -0.25) is 0 Å². The maximum atomic E-state index is 13.0. The summed E-state index contributed by atoms with van der Waals surface area (Å²) in [7, 11) is 3.85. The van der Waals surface area contributed by atoms with Crippen LogP contribution in [0.3, 0.4) is 0 Å². The number of rotatable bonds is 6. The van der Waals surface area contributed by atoms with Crippen molar-refractivity contribution in [3.63, 3.8) is 0 Å². The van der Waals surface area contributed by atoms with Crippen molar-refractivity contribution in [2.24, 2.45) is 0 Å². The molecule has 0 bridgehead atoms. The lowest BCUT2D eigenvalue weighted by molar-refractivity contribution is 0.211. The Kier molecular flexibility index (Phi) is 8.07. The molecule has 0 unspecified atom stereocenters. The van der Waals surface area contributed by atoms with Gasteiger partial charge in [-0.05, 0) is 50.2 Å². The minimum Gasteiger partial charge on any atom is -0.495 e. The molecule has 4 rings (SSSR count). The number of ether oxygens (including phenoxy) is 1. The largest absolute Gasteiger partial charge is 0.495 e. The number of nitrogens with one attached hydrogen (secondary N) is 1. The van der Waals surface area contributed by atoms with Crippen LogP contribution in [0, 0.1) is 0 Å². The fraction of sp³-hybridized carbons (Fsp3) is 0.500. The maximum Gasteiger partial charge on any atom is 0.321 e. The molecule has 2 heterocycles. The molecule has 0 atom stereocenters. The first kappa shape index (κ1) is 23.4. The summed E-state index contributed by atoms with van der Waals surface area (Å²) < 4.78 is 5.60. The van der Waals surface area contributed by atoms with E-state index in [9.17, 15) is 4.79 Å². The van der Waals surface area contributed by atoms with Gasteiger partial charge in [0.05, 0.1) is 12.8 Å². The number of piperazine rings is 1. The van der Waals surface area contributed by atoms with Gasteiger partial charge < -0.3 is 29.7 Å². The number of hydrogen-bond donors (Lipinski definition) is 1. The van der Waals surface area contributed by atoms with Crippen molar-refractivity contribution in [3.05, 3.63) is 54.1 Å². The van der Waals surface area contributed by atoms with Gasteiger partial charge in [0.15, 0.2) is 0 Å². The summed E-state index contributed by atoms with van der Waals surface area (Å²) in [6.07, 6.45) is 2.05. The third-order valence-corrected chi connectivity index (χ3v) is 6.71. The van der Waals surface area contributed by atoms with E-state index in [0.717, 1.165) is 88.9 Å². The van der Waals surface area contributed by atoms with E-state index in [1.54, 1.807) is 7.11 Å². The second-order valence-electron chi connectivity index (χ2n) is 9.02. The molecule has 0 aromatic heterocycles. The summed E-state index contributed by atoms with van der Waals surface area (Å²) in [4.78, 5) is 22.1. The molecule has 2 fully saturated rings. The number of nitrogens with zero attached hydrogens (tertiary/aromatic N) is 4. The molecular formula is C26H37N5O2. The molecular weight excluding hydrogens is 414 g/mol. The molecule has 0 spiro atoms. The van der Waals surface area contributed by atoms with Crippen molar-refractivity contribution >= 4 is 17.4 Å². The Hall–Kier alpha value is -2.77. The van der Waals surface area contributed by atoms with E-state index < -0.39 is 0 Å². The van der Waals surface area contributed by atoms with Gasteiger partial charge in [-0.25, -0.2) is 4.79 Å². The zero-order valence-electron chi connectivity index (χ0n) is 20.0. The maximum absolute atomic E-state index is 13.0. The normalized spacial score (nSPS) is 18.1. The van der Waals surface area contributed by atoms with Gasteiger partial charge in [0.25, 0.3) is 0 Å². The minimum atomic E-state index is -0.0191. The average molecular weight is 452 g/mol. The Morgan fingerprint density at radius 1 is 0.939 bits per heavy atom. The molecule has 0 radical (unpaired) electrons. The lowest BCUT2D eigenvalue weighted by Crippen LogP contribution is -2.44. The molecule has 7 nitrogen and oxygen atoms in total. The summed E-state index contributed by atoms with van der Waals surface area (Å²) in [5.41, 5.74) is 3.23. The second-order valence-corrected chi connectivity index (χ2v) is 9.02. The zero-order chi connectivity index (χ0) is 23.0. The topological polar surface area (TPSA) is 51.3 Å². The van der Waals surface area contributed by atoms with E-state index in [4.69, 9.17) is 4.74 Å². The fourth-order valence-electron chi connectivity index (χ4n) is 4.59. The Bertz CT molecular complexity index is 899. The summed E-state index contributed by atoms with van der Waals surface area (Å²) in [5, 5.41) is 3.13. The number of likely N-dealkylation sites (N-methyl/N-ethyl adjacent to an activating group) is 1. The lowest BCUT2D eigenvalue weighted by Gasteiger charge is -2.35. The molecule has 1 N–H and O–H groups in total. The average Bonchev–Trinajstić information content (AvgIpc) is 3.10. The first-order valence-corrected chi connectivity index (χ1v) is 12.1. The van der Waals surface area contributed by atoms with Crippen molar-refractivity contribution < 1.29 is 9.53 Å². The van der Waals surface area contributed by atoms with E-state index in [1.807, 2.05) is 23.1 Å². The van der Waals surface area contributed by atoms with Gasteiger partial charge in [0.1, 0.15) is 5.75 Å². The second kappa shape index (κ2) is 11.4. The highest BCUT2D eigenvalue weighted by atomic mass is 16.5. The third kappa shape index (κ3) is 6.39. The number of anilines is 2. The molecule has 2 aliphatic heterocycles. The van der Waals surface area contributed by atoms with Crippen molar-refractivity contribution in [1.82, 2.24) is 14.7 Å². The predicted octanol–water partition coefficient (Wildman–Crippen LogP) is 3.23. The van der Waals surface area contributed by atoms with Crippen LogP contribution in [0.25, 0.3) is 0 Å². The van der Waals surface area contributed by atoms with E-state index in [2.05, 4.69) is 57.4 Å². The highest BCUT2D eigenvalue weighted by Crippen LogP contribution is 2.32. The zero-order valence-corrected chi connectivity index (χ0v) is 20.0. The van der Waals surface area contributed by atoms with Crippen molar-refractivity contribution in [3.8, 4) is 5.75 Å². The van der Waals surface area contributed by atoms with Crippen molar-refractivity contribution in [2.75, 3.05) is 83.3 Å². The number of hydrogen-bond acceptors (Lipinski definition) is 5. The van der Waals surface area contributed by atoms with Crippen LogP contribution in [-0.4, -0.2) is 93.8 Å². The van der Waals surface area contributed by atoms with E-state index in [-0.39, 0.29) is 6.03 Å². The van der Waals surface area contributed by atoms with Gasteiger partial charge in [-0.2, -0.15) is 0 Å². The summed E-state index contributed by atoms with van der Waals surface area (Å²) >= 11 is 0. The molecule has 33 heavy (non-hydrogen) atoms. The summed E-state index contributed by atoms with van der Waals surface area (Å²) in [6.45, 7) is 8.47. The molecule has 0 saturated carbocycles. The van der Waals surface area contributed by atoms with Crippen LogP contribution >= 0.6 is 0 Å². The van der Waals surface area contributed by atoms with Gasteiger partial charge >= 0.3 is 6.03 Å². The number of amides is 2. The monoisotopic (exact) mass is 451 g/mol. The molecule has 7 heteroatoms. The van der Waals surface area contributed by atoms with Crippen LogP contribution in [0.5, 0.6) is 5.75 Å². The smallest absolute Gasteiger partial charge is 0.321 e. The SMILES string of the molecule is COc1ccc(NC(=O)N2CCCN(CCc3ccccc3)CC2)cc1N1CCN(C)CC1. The number of methoxy groups -OCH3 is 1. The van der Waals surface area contributed by atoms with Gasteiger partial charge in [0, 0.05) is 58.0 Å². The Labute approximate surface area is 197 Å². The predicted molar refractivity (Wildman–Crippen MR) is 134 cm³/mol. The molecule has 2 aromatic carbocycles. The molecule has 2 aromatic rings. The highest BCUT2D eigenvalue weighted by molar-refractivity contribution is 5.90.